The molecule has 1 unspecified atom stereocenters. The summed E-state index contributed by atoms with van der Waals surface area (Å²) >= 11 is 7.63. The molecule has 3 aromatic rings. The van der Waals surface area contributed by atoms with Crippen LogP contribution in [0.5, 0.6) is 0 Å². The van der Waals surface area contributed by atoms with Gasteiger partial charge in [-0.3, -0.25) is 4.98 Å². The average Bonchev–Trinajstić information content (AvgIpc) is 2.56. The van der Waals surface area contributed by atoms with Crippen molar-refractivity contribution in [1.82, 2.24) is 4.98 Å². The summed E-state index contributed by atoms with van der Waals surface area (Å²) in [5.41, 5.74) is 1.22. The van der Waals surface area contributed by atoms with Crippen molar-refractivity contribution < 1.29 is 8.78 Å². The van der Waals surface area contributed by atoms with Gasteiger partial charge in [0.1, 0.15) is 11.6 Å². The number of rotatable bonds is 4. The third kappa shape index (κ3) is 3.71. The number of halogens is 3. The highest BCUT2D eigenvalue weighted by Gasteiger charge is 2.21. The molecular formula is C18H12ClF2NS. The first-order valence-electron chi connectivity index (χ1n) is 6.91. The number of pyridine rings is 1. The summed E-state index contributed by atoms with van der Waals surface area (Å²) in [6.45, 7) is 0. The van der Waals surface area contributed by atoms with E-state index in [0.29, 0.717) is 10.6 Å². The first-order chi connectivity index (χ1) is 11.1. The molecule has 5 heteroatoms. The minimum atomic E-state index is -0.598. The lowest BCUT2D eigenvalue weighted by molar-refractivity contribution is 0.574. The smallest absolute Gasteiger partial charge is 0.130 e. The summed E-state index contributed by atoms with van der Waals surface area (Å²) < 4.78 is 27.5. The Kier molecular flexibility index (Phi) is 4.94. The van der Waals surface area contributed by atoms with E-state index in [2.05, 4.69) is 4.98 Å². The van der Waals surface area contributed by atoms with E-state index in [-0.39, 0.29) is 5.25 Å². The van der Waals surface area contributed by atoms with Crippen LogP contribution in [-0.4, -0.2) is 4.98 Å². The van der Waals surface area contributed by atoms with Gasteiger partial charge in [-0.1, -0.05) is 35.9 Å². The lowest BCUT2D eigenvalue weighted by Gasteiger charge is -2.18. The van der Waals surface area contributed by atoms with Gasteiger partial charge >= 0.3 is 0 Å². The SMILES string of the molecule is Fc1ccc(C(Sc2ccccc2Cl)c2cccnc2)c(F)c1. The Morgan fingerprint density at radius 3 is 2.52 bits per heavy atom. The fourth-order valence-corrected chi connectivity index (χ4v) is 3.68. The van der Waals surface area contributed by atoms with Crippen molar-refractivity contribution in [2.45, 2.75) is 10.1 Å². The Balaban J connectivity index is 2.06. The summed E-state index contributed by atoms with van der Waals surface area (Å²) in [6.07, 6.45) is 3.33. The summed E-state index contributed by atoms with van der Waals surface area (Å²) in [5, 5.41) is 0.220. The standard InChI is InChI=1S/C18H12ClF2NS/c19-15-5-1-2-6-17(15)23-18(12-4-3-9-22-11-12)14-8-7-13(20)10-16(14)21/h1-11,18H. The van der Waals surface area contributed by atoms with Crippen molar-refractivity contribution in [3.05, 3.63) is 94.8 Å². The summed E-state index contributed by atoms with van der Waals surface area (Å²) in [5.74, 6) is -1.18. The maximum absolute atomic E-state index is 14.3. The van der Waals surface area contributed by atoms with E-state index in [0.717, 1.165) is 16.5 Å². The maximum Gasteiger partial charge on any atom is 0.130 e. The molecule has 0 amide bonds. The predicted molar refractivity (Wildman–Crippen MR) is 89.7 cm³/mol. The van der Waals surface area contributed by atoms with Gasteiger partial charge in [-0.15, -0.1) is 11.8 Å². The van der Waals surface area contributed by atoms with E-state index in [1.165, 1.54) is 23.9 Å². The predicted octanol–water partition coefficient (Wildman–Crippen LogP) is 5.89. The van der Waals surface area contributed by atoms with Crippen molar-refractivity contribution >= 4 is 23.4 Å². The van der Waals surface area contributed by atoms with Crippen molar-refractivity contribution in [2.24, 2.45) is 0 Å². The van der Waals surface area contributed by atoms with Gasteiger partial charge in [0.15, 0.2) is 0 Å². The van der Waals surface area contributed by atoms with Crippen LogP contribution < -0.4 is 0 Å². The van der Waals surface area contributed by atoms with Crippen LogP contribution in [0.1, 0.15) is 16.4 Å². The lowest BCUT2D eigenvalue weighted by atomic mass is 10.1. The average molecular weight is 348 g/mol. The Bertz CT molecular complexity index is 811. The Hall–Kier alpha value is -1.91. The molecule has 1 nitrogen and oxygen atoms in total. The molecule has 0 saturated heterocycles. The molecular weight excluding hydrogens is 336 g/mol. The second-order valence-electron chi connectivity index (χ2n) is 4.88. The molecule has 0 bridgehead atoms. The van der Waals surface area contributed by atoms with E-state index < -0.39 is 11.6 Å². The second-order valence-corrected chi connectivity index (χ2v) is 6.43. The van der Waals surface area contributed by atoms with Gasteiger partial charge in [0, 0.05) is 28.9 Å². The maximum atomic E-state index is 14.3. The normalized spacial score (nSPS) is 12.1. The molecule has 0 aliphatic carbocycles. The molecule has 0 aliphatic rings. The minimum Gasteiger partial charge on any atom is -0.264 e. The van der Waals surface area contributed by atoms with Crippen LogP contribution in [-0.2, 0) is 0 Å². The summed E-state index contributed by atoms with van der Waals surface area (Å²) in [4.78, 5) is 4.93. The van der Waals surface area contributed by atoms with Crippen LogP contribution in [0.15, 0.2) is 71.9 Å². The third-order valence-electron chi connectivity index (χ3n) is 3.31. The first-order valence-corrected chi connectivity index (χ1v) is 8.17. The monoisotopic (exact) mass is 347 g/mol. The largest absolute Gasteiger partial charge is 0.264 e. The number of thioether (sulfide) groups is 1. The zero-order chi connectivity index (χ0) is 16.2. The highest BCUT2D eigenvalue weighted by Crippen LogP contribution is 2.43. The van der Waals surface area contributed by atoms with E-state index in [4.69, 9.17) is 11.6 Å². The highest BCUT2D eigenvalue weighted by atomic mass is 35.5. The molecule has 0 aliphatic heterocycles. The molecule has 0 fully saturated rings. The zero-order valence-electron chi connectivity index (χ0n) is 11.9. The van der Waals surface area contributed by atoms with E-state index in [9.17, 15) is 8.78 Å². The molecule has 116 valence electrons. The summed E-state index contributed by atoms with van der Waals surface area (Å²) in [6, 6.07) is 14.6. The minimum absolute atomic E-state index is 0.371. The molecule has 1 atom stereocenters. The van der Waals surface area contributed by atoms with Crippen molar-refractivity contribution in [3.63, 3.8) is 0 Å². The van der Waals surface area contributed by atoms with Crippen LogP contribution in [0.4, 0.5) is 8.78 Å². The van der Waals surface area contributed by atoms with Crippen molar-refractivity contribution in [2.75, 3.05) is 0 Å². The van der Waals surface area contributed by atoms with E-state index >= 15 is 0 Å². The molecule has 1 aromatic heterocycles. The lowest BCUT2D eigenvalue weighted by Crippen LogP contribution is -2.01. The Morgan fingerprint density at radius 1 is 1.00 bits per heavy atom. The van der Waals surface area contributed by atoms with Crippen LogP contribution in [0.2, 0.25) is 5.02 Å². The molecule has 0 spiro atoms. The van der Waals surface area contributed by atoms with E-state index in [1.54, 1.807) is 24.5 Å². The van der Waals surface area contributed by atoms with Crippen LogP contribution in [0, 0.1) is 11.6 Å². The molecule has 0 saturated carbocycles. The topological polar surface area (TPSA) is 12.9 Å². The van der Waals surface area contributed by atoms with Crippen LogP contribution >= 0.6 is 23.4 Å². The van der Waals surface area contributed by atoms with Gasteiger partial charge in [0.05, 0.1) is 10.3 Å². The number of aromatic nitrogens is 1. The van der Waals surface area contributed by atoms with E-state index in [1.807, 2.05) is 24.3 Å². The van der Waals surface area contributed by atoms with Gasteiger partial charge in [0.25, 0.3) is 0 Å². The first kappa shape index (κ1) is 16.0. The fraction of sp³-hybridized carbons (Fsp3) is 0.0556. The molecule has 0 N–H and O–H groups in total. The van der Waals surface area contributed by atoms with Gasteiger partial charge < -0.3 is 0 Å². The Morgan fingerprint density at radius 2 is 1.83 bits per heavy atom. The summed E-state index contributed by atoms with van der Waals surface area (Å²) in [7, 11) is 0. The molecule has 1 heterocycles. The van der Waals surface area contributed by atoms with Crippen molar-refractivity contribution in [3.8, 4) is 0 Å². The Labute approximate surface area is 142 Å². The zero-order valence-corrected chi connectivity index (χ0v) is 13.5. The van der Waals surface area contributed by atoms with Crippen molar-refractivity contribution in [1.29, 1.82) is 0 Å². The van der Waals surface area contributed by atoms with Gasteiger partial charge in [0.2, 0.25) is 0 Å². The quantitative estimate of drug-likeness (QED) is 0.545. The number of hydrogen-bond acceptors (Lipinski definition) is 2. The van der Waals surface area contributed by atoms with Gasteiger partial charge in [-0.05, 0) is 29.8 Å². The van der Waals surface area contributed by atoms with Gasteiger partial charge in [-0.2, -0.15) is 0 Å². The number of nitrogens with zero attached hydrogens (tertiary/aromatic N) is 1. The molecule has 23 heavy (non-hydrogen) atoms. The second kappa shape index (κ2) is 7.11. The molecule has 2 aromatic carbocycles. The van der Waals surface area contributed by atoms with Crippen LogP contribution in [0.3, 0.4) is 0 Å². The molecule has 3 rings (SSSR count). The third-order valence-corrected chi connectivity index (χ3v) is 5.13. The van der Waals surface area contributed by atoms with Gasteiger partial charge in [-0.25, -0.2) is 8.78 Å². The number of hydrogen-bond donors (Lipinski definition) is 0. The van der Waals surface area contributed by atoms with Crippen LogP contribution in [0.25, 0.3) is 0 Å². The fourth-order valence-electron chi connectivity index (χ4n) is 2.22. The molecule has 0 radical (unpaired) electrons. The highest BCUT2D eigenvalue weighted by molar-refractivity contribution is 7.99. The number of benzene rings is 2.